The fourth-order valence-electron chi connectivity index (χ4n) is 1.04. The van der Waals surface area contributed by atoms with Crippen molar-refractivity contribution in [3.8, 4) is 0 Å². The van der Waals surface area contributed by atoms with E-state index >= 15 is 0 Å². The molecule has 1 aliphatic heterocycles. The van der Waals surface area contributed by atoms with Crippen LogP contribution in [-0.4, -0.2) is 11.9 Å². The van der Waals surface area contributed by atoms with Gasteiger partial charge in [-0.2, -0.15) is 0 Å². The van der Waals surface area contributed by atoms with E-state index in [1.54, 1.807) is 0 Å². The molecule has 0 saturated carbocycles. The van der Waals surface area contributed by atoms with Gasteiger partial charge in [-0.05, 0) is 18.9 Å². The zero-order valence-corrected chi connectivity index (χ0v) is 6.17. The second-order valence-corrected chi connectivity index (χ2v) is 2.77. The van der Waals surface area contributed by atoms with Gasteiger partial charge >= 0.3 is 0 Å². The largest absolute Gasteiger partial charge is 0.387 e. The van der Waals surface area contributed by atoms with Crippen molar-refractivity contribution in [3.05, 3.63) is 11.8 Å². The Kier molecular flexibility index (Phi) is 2.06. The highest BCUT2D eigenvalue weighted by Crippen LogP contribution is 2.13. The monoisotopic (exact) mass is 139 g/mol. The molecule has 10 heavy (non-hydrogen) atoms. The Morgan fingerprint density at radius 2 is 2.50 bits per heavy atom. The van der Waals surface area contributed by atoms with Gasteiger partial charge in [0, 0.05) is 18.7 Å². The number of nitrogens with zero attached hydrogens (tertiary/aromatic N) is 1. The number of amidine groups is 1. The van der Waals surface area contributed by atoms with Crippen molar-refractivity contribution >= 4 is 5.84 Å². The number of nitrogens with two attached hydrogens (primary N) is 2. The van der Waals surface area contributed by atoms with Crippen molar-refractivity contribution in [2.24, 2.45) is 16.5 Å². The van der Waals surface area contributed by atoms with Crippen LogP contribution in [-0.2, 0) is 0 Å². The second-order valence-electron chi connectivity index (χ2n) is 2.77. The summed E-state index contributed by atoms with van der Waals surface area (Å²) in [4.78, 5) is 3.95. The Morgan fingerprint density at radius 1 is 1.80 bits per heavy atom. The molecule has 0 bridgehead atoms. The van der Waals surface area contributed by atoms with Gasteiger partial charge in [0.05, 0.1) is 0 Å². The van der Waals surface area contributed by atoms with Crippen LogP contribution in [0.3, 0.4) is 0 Å². The molecule has 3 nitrogen and oxygen atoms in total. The Balaban J connectivity index is 2.35. The van der Waals surface area contributed by atoms with Crippen molar-refractivity contribution < 1.29 is 0 Å². The molecule has 56 valence electrons. The molecule has 0 spiro atoms. The molecule has 1 unspecified atom stereocenters. The normalized spacial score (nSPS) is 20.2. The molecule has 0 aromatic rings. The van der Waals surface area contributed by atoms with E-state index in [1.807, 2.05) is 13.1 Å². The van der Waals surface area contributed by atoms with Gasteiger partial charge in [0.1, 0.15) is 5.84 Å². The highest BCUT2D eigenvalue weighted by molar-refractivity contribution is 5.85. The molecule has 1 atom stereocenters. The van der Waals surface area contributed by atoms with Crippen molar-refractivity contribution in [3.63, 3.8) is 0 Å². The van der Waals surface area contributed by atoms with Gasteiger partial charge < -0.3 is 11.5 Å². The number of hydrogen-bond acceptors (Lipinski definition) is 3. The second kappa shape index (κ2) is 2.84. The van der Waals surface area contributed by atoms with E-state index in [0.717, 1.165) is 12.8 Å². The van der Waals surface area contributed by atoms with Gasteiger partial charge in [-0.25, -0.2) is 4.99 Å². The topological polar surface area (TPSA) is 64.4 Å². The van der Waals surface area contributed by atoms with Gasteiger partial charge in [-0.3, -0.25) is 0 Å². The molecule has 3 heteroatoms. The van der Waals surface area contributed by atoms with Crippen LogP contribution in [0.25, 0.3) is 0 Å². The summed E-state index contributed by atoms with van der Waals surface area (Å²) in [6.07, 6.45) is 3.53. The van der Waals surface area contributed by atoms with Crippen molar-refractivity contribution in [2.75, 3.05) is 0 Å². The average Bonchev–Trinajstić information content (AvgIpc) is 2.13. The summed E-state index contributed by atoms with van der Waals surface area (Å²) in [5.74, 6) is 0.704. The van der Waals surface area contributed by atoms with Crippen molar-refractivity contribution in [1.82, 2.24) is 0 Å². The van der Waals surface area contributed by atoms with Crippen LogP contribution >= 0.6 is 0 Å². The molecule has 0 aliphatic carbocycles. The standard InChI is InChI=1S/C7H13N3/c1-5(8)2-6-3-7(9)10-4-6/h4-5H,2-3,8H2,1H3,(H2,9,10). The lowest BCUT2D eigenvalue weighted by Crippen LogP contribution is -2.16. The predicted molar refractivity (Wildman–Crippen MR) is 42.6 cm³/mol. The lowest BCUT2D eigenvalue weighted by atomic mass is 10.1. The molecule has 0 fully saturated rings. The van der Waals surface area contributed by atoms with E-state index in [9.17, 15) is 0 Å². The predicted octanol–water partition coefficient (Wildman–Crippen LogP) is 0.368. The lowest BCUT2D eigenvalue weighted by molar-refractivity contribution is 0.726. The number of hydrogen-bond donors (Lipinski definition) is 2. The summed E-state index contributed by atoms with van der Waals surface area (Å²) in [6, 6.07) is 0.215. The van der Waals surface area contributed by atoms with Crippen molar-refractivity contribution in [1.29, 1.82) is 0 Å². The maximum Gasteiger partial charge on any atom is 0.103 e. The van der Waals surface area contributed by atoms with E-state index in [4.69, 9.17) is 11.5 Å². The minimum Gasteiger partial charge on any atom is -0.387 e. The Bertz CT molecular complexity index is 179. The highest BCUT2D eigenvalue weighted by Gasteiger charge is 2.07. The molecule has 4 N–H and O–H groups in total. The van der Waals surface area contributed by atoms with Gasteiger partial charge in [-0.1, -0.05) is 0 Å². The summed E-state index contributed by atoms with van der Waals surface area (Å²) >= 11 is 0. The SMILES string of the molecule is CC(N)CC1=CN=C(N)C1. The fourth-order valence-corrected chi connectivity index (χ4v) is 1.04. The van der Waals surface area contributed by atoms with E-state index in [0.29, 0.717) is 5.84 Å². The lowest BCUT2D eigenvalue weighted by Gasteiger charge is -2.03. The number of aliphatic imine (C=N–C) groups is 1. The highest BCUT2D eigenvalue weighted by atomic mass is 14.9. The molecule has 0 aromatic heterocycles. The van der Waals surface area contributed by atoms with Gasteiger partial charge in [0.25, 0.3) is 0 Å². The zero-order valence-electron chi connectivity index (χ0n) is 6.17. The van der Waals surface area contributed by atoms with Gasteiger partial charge in [0.2, 0.25) is 0 Å². The Labute approximate surface area is 60.8 Å². The number of rotatable bonds is 2. The molecule has 0 radical (unpaired) electrons. The minimum absolute atomic E-state index is 0.215. The summed E-state index contributed by atoms with van der Waals surface area (Å²) in [7, 11) is 0. The van der Waals surface area contributed by atoms with Crippen LogP contribution in [0, 0.1) is 0 Å². The van der Waals surface area contributed by atoms with E-state index in [-0.39, 0.29) is 6.04 Å². The third kappa shape index (κ3) is 1.84. The van der Waals surface area contributed by atoms with E-state index in [2.05, 4.69) is 4.99 Å². The van der Waals surface area contributed by atoms with Crippen LogP contribution in [0.4, 0.5) is 0 Å². The summed E-state index contributed by atoms with van der Waals surface area (Å²) in [5, 5.41) is 0. The van der Waals surface area contributed by atoms with Crippen LogP contribution in [0.15, 0.2) is 16.8 Å². The first-order valence-corrected chi connectivity index (χ1v) is 3.44. The first kappa shape index (κ1) is 7.28. The molecule has 0 saturated heterocycles. The third-order valence-electron chi connectivity index (χ3n) is 1.41. The summed E-state index contributed by atoms with van der Waals surface area (Å²) < 4.78 is 0. The molecule has 1 rings (SSSR count). The molecule has 1 aliphatic rings. The van der Waals surface area contributed by atoms with Crippen LogP contribution in [0.2, 0.25) is 0 Å². The quantitative estimate of drug-likeness (QED) is 0.580. The fraction of sp³-hybridized carbons (Fsp3) is 0.571. The molecule has 1 heterocycles. The maximum absolute atomic E-state index is 5.59. The Morgan fingerprint density at radius 3 is 2.90 bits per heavy atom. The summed E-state index contributed by atoms with van der Waals surface area (Å²) in [6.45, 7) is 1.98. The Hall–Kier alpha value is -0.830. The van der Waals surface area contributed by atoms with Crippen LogP contribution in [0.1, 0.15) is 19.8 Å². The third-order valence-corrected chi connectivity index (χ3v) is 1.41. The summed E-state index contributed by atoms with van der Waals surface area (Å²) in [5.41, 5.74) is 12.3. The van der Waals surface area contributed by atoms with E-state index < -0.39 is 0 Å². The van der Waals surface area contributed by atoms with Gasteiger partial charge in [-0.15, -0.1) is 0 Å². The maximum atomic E-state index is 5.59. The van der Waals surface area contributed by atoms with Crippen LogP contribution in [0.5, 0.6) is 0 Å². The first-order valence-electron chi connectivity index (χ1n) is 3.44. The molecule has 0 amide bonds. The first-order chi connectivity index (χ1) is 4.68. The van der Waals surface area contributed by atoms with E-state index in [1.165, 1.54) is 5.57 Å². The van der Waals surface area contributed by atoms with Crippen molar-refractivity contribution in [2.45, 2.75) is 25.8 Å². The van der Waals surface area contributed by atoms with Gasteiger partial charge in [0.15, 0.2) is 0 Å². The molecular weight excluding hydrogens is 126 g/mol. The molecule has 0 aromatic carbocycles. The van der Waals surface area contributed by atoms with Crippen LogP contribution < -0.4 is 11.5 Å². The average molecular weight is 139 g/mol. The zero-order chi connectivity index (χ0) is 7.56. The smallest absolute Gasteiger partial charge is 0.103 e. The minimum atomic E-state index is 0.215. The molecular formula is C7H13N3.